The molecule has 3 aromatic heterocycles. The van der Waals surface area contributed by atoms with Gasteiger partial charge < -0.3 is 0 Å². The fourth-order valence-corrected chi connectivity index (χ4v) is 9.20. The predicted octanol–water partition coefficient (Wildman–Crippen LogP) is 13.2. The molecule has 0 spiro atoms. The topological polar surface area (TPSA) is 30.7 Å². The molecule has 52 heavy (non-hydrogen) atoms. The molecular weight excluding hydrogens is 651 g/mol. The smallest absolute Gasteiger partial charge is 0.235 e. The van der Waals surface area contributed by atoms with Crippen LogP contribution in [-0.2, 0) is 0 Å². The van der Waals surface area contributed by atoms with Gasteiger partial charge in [-0.05, 0) is 63.4 Å². The second-order valence-electron chi connectivity index (χ2n) is 13.3. The maximum Gasteiger partial charge on any atom is 0.235 e. The summed E-state index contributed by atoms with van der Waals surface area (Å²) < 4.78 is 4.88. The molecule has 0 unspecified atom stereocenters. The second-order valence-corrected chi connectivity index (χ2v) is 14.4. The molecule has 0 amide bonds. The van der Waals surface area contributed by atoms with Gasteiger partial charge in [0.15, 0.2) is 0 Å². The minimum absolute atomic E-state index is 0.661. The van der Waals surface area contributed by atoms with Gasteiger partial charge in [-0.1, -0.05) is 146 Å². The summed E-state index contributed by atoms with van der Waals surface area (Å²) in [5, 5.41) is 8.52. The molecular formula is C48H29N3S. The maximum absolute atomic E-state index is 5.48. The Kier molecular flexibility index (Phi) is 6.42. The standard InChI is InChI=1S/C48H29N3S/c1-3-13-30(14-4-1)31-23-25-33(26-24-31)47-36-19-9-11-21-39(36)49-48(50-47)51-40-27-28-43-45(37-20-10-12-22-42(37)52-43)46(40)44-35-18-8-7-17-34(35)38(29-41(44)51)32-15-5-2-6-16-32/h1-29H. The summed E-state index contributed by atoms with van der Waals surface area (Å²) in [4.78, 5) is 10.8. The molecule has 3 nitrogen and oxygen atoms in total. The zero-order valence-electron chi connectivity index (χ0n) is 28.0. The lowest BCUT2D eigenvalue weighted by Crippen LogP contribution is -2.03. The Labute approximate surface area is 303 Å². The van der Waals surface area contributed by atoms with Gasteiger partial charge >= 0.3 is 0 Å². The van der Waals surface area contributed by atoms with Gasteiger partial charge in [-0.15, -0.1) is 11.3 Å². The van der Waals surface area contributed by atoms with Crippen LogP contribution in [0.25, 0.3) is 103 Å². The van der Waals surface area contributed by atoms with Crippen molar-refractivity contribution in [3.05, 3.63) is 176 Å². The van der Waals surface area contributed by atoms with Crippen molar-refractivity contribution in [1.29, 1.82) is 0 Å². The molecule has 0 saturated heterocycles. The van der Waals surface area contributed by atoms with E-state index in [0.717, 1.165) is 33.2 Å². The molecule has 4 heteroatoms. The van der Waals surface area contributed by atoms with Crippen molar-refractivity contribution < 1.29 is 0 Å². The van der Waals surface area contributed by atoms with Crippen molar-refractivity contribution in [3.63, 3.8) is 0 Å². The zero-order valence-corrected chi connectivity index (χ0v) is 28.8. The fourth-order valence-electron chi connectivity index (χ4n) is 8.08. The molecule has 8 aromatic carbocycles. The highest BCUT2D eigenvalue weighted by Gasteiger charge is 2.23. The Balaban J connectivity index is 1.27. The van der Waals surface area contributed by atoms with Crippen LogP contribution in [0.15, 0.2) is 176 Å². The van der Waals surface area contributed by atoms with E-state index in [2.05, 4.69) is 180 Å². The first-order chi connectivity index (χ1) is 25.8. The van der Waals surface area contributed by atoms with Crippen LogP contribution in [-0.4, -0.2) is 14.5 Å². The third-order valence-corrected chi connectivity index (χ3v) is 11.6. The summed E-state index contributed by atoms with van der Waals surface area (Å²) in [6, 6.07) is 62.9. The third kappa shape index (κ3) is 4.38. The van der Waals surface area contributed by atoms with Crippen molar-refractivity contribution in [2.75, 3.05) is 0 Å². The van der Waals surface area contributed by atoms with Crippen molar-refractivity contribution in [1.82, 2.24) is 14.5 Å². The summed E-state index contributed by atoms with van der Waals surface area (Å²) in [6.07, 6.45) is 0. The fraction of sp³-hybridized carbons (Fsp3) is 0. The number of thiophene rings is 1. The highest BCUT2D eigenvalue weighted by Crippen LogP contribution is 2.47. The van der Waals surface area contributed by atoms with Crippen molar-refractivity contribution in [2.45, 2.75) is 0 Å². The van der Waals surface area contributed by atoms with Gasteiger partial charge in [0.05, 0.1) is 22.2 Å². The summed E-state index contributed by atoms with van der Waals surface area (Å²) >= 11 is 1.86. The van der Waals surface area contributed by atoms with E-state index < -0.39 is 0 Å². The molecule has 0 bridgehead atoms. The Morgan fingerprint density at radius 2 is 1.00 bits per heavy atom. The van der Waals surface area contributed by atoms with E-state index in [4.69, 9.17) is 9.97 Å². The van der Waals surface area contributed by atoms with Crippen LogP contribution in [0.4, 0.5) is 0 Å². The SMILES string of the molecule is c1ccc(-c2ccc(-c3nc(-n4c5cc(-c6ccccc6)c6ccccc6c5c5c6c(ccc54)sc4ccccc46)nc4ccccc34)cc2)cc1. The summed E-state index contributed by atoms with van der Waals surface area (Å²) in [5.41, 5.74) is 9.83. The Morgan fingerprint density at radius 1 is 0.385 bits per heavy atom. The van der Waals surface area contributed by atoms with Crippen molar-refractivity contribution in [2.24, 2.45) is 0 Å². The molecule has 0 aliphatic carbocycles. The highest BCUT2D eigenvalue weighted by molar-refractivity contribution is 7.26. The number of hydrogen-bond donors (Lipinski definition) is 0. The average molecular weight is 680 g/mol. The average Bonchev–Trinajstić information content (AvgIpc) is 3.76. The highest BCUT2D eigenvalue weighted by atomic mass is 32.1. The molecule has 0 N–H and O–H groups in total. The van der Waals surface area contributed by atoms with Gasteiger partial charge in [0.1, 0.15) is 0 Å². The Bertz CT molecular complexity index is 3160. The number of benzene rings is 8. The normalized spacial score (nSPS) is 11.8. The third-order valence-electron chi connectivity index (χ3n) is 10.4. The Morgan fingerprint density at radius 3 is 1.79 bits per heavy atom. The minimum Gasteiger partial charge on any atom is -0.278 e. The number of hydrogen-bond acceptors (Lipinski definition) is 3. The quantitative estimate of drug-likeness (QED) is 0.185. The molecule has 0 fully saturated rings. The summed E-state index contributed by atoms with van der Waals surface area (Å²) in [7, 11) is 0. The van der Waals surface area contributed by atoms with Gasteiger partial charge in [-0.25, -0.2) is 9.97 Å². The van der Waals surface area contributed by atoms with E-state index in [1.807, 2.05) is 11.3 Å². The van der Waals surface area contributed by atoms with Crippen LogP contribution >= 0.6 is 11.3 Å². The van der Waals surface area contributed by atoms with Gasteiger partial charge in [0.25, 0.3) is 0 Å². The molecule has 0 aliphatic heterocycles. The van der Waals surface area contributed by atoms with Crippen LogP contribution in [0.5, 0.6) is 0 Å². The molecule has 0 radical (unpaired) electrons. The van der Waals surface area contributed by atoms with Crippen molar-refractivity contribution in [3.8, 4) is 39.5 Å². The molecule has 3 heterocycles. The molecule has 0 saturated carbocycles. The first kappa shape index (κ1) is 29.1. The number of nitrogens with zero attached hydrogens (tertiary/aromatic N) is 3. The Hall–Kier alpha value is -6.62. The van der Waals surface area contributed by atoms with Gasteiger partial charge in [-0.3, -0.25) is 4.57 Å². The van der Waals surface area contributed by atoms with Gasteiger partial charge in [0, 0.05) is 41.9 Å². The largest absolute Gasteiger partial charge is 0.278 e. The second kappa shape index (κ2) is 11.5. The number of fused-ring (bicyclic) bond motifs is 10. The van der Waals surface area contributed by atoms with E-state index in [1.54, 1.807) is 0 Å². The minimum atomic E-state index is 0.661. The first-order valence-electron chi connectivity index (χ1n) is 17.6. The van der Waals surface area contributed by atoms with Gasteiger partial charge in [-0.2, -0.15) is 0 Å². The molecule has 11 rings (SSSR count). The first-order valence-corrected chi connectivity index (χ1v) is 18.4. The van der Waals surface area contributed by atoms with Crippen LogP contribution in [0.3, 0.4) is 0 Å². The van der Waals surface area contributed by atoms with E-state index in [1.165, 1.54) is 64.0 Å². The van der Waals surface area contributed by atoms with Crippen LogP contribution in [0.1, 0.15) is 0 Å². The van der Waals surface area contributed by atoms with E-state index in [-0.39, 0.29) is 0 Å². The predicted molar refractivity (Wildman–Crippen MR) is 221 cm³/mol. The lowest BCUT2D eigenvalue weighted by atomic mass is 9.94. The van der Waals surface area contributed by atoms with E-state index in [0.29, 0.717) is 5.95 Å². The lowest BCUT2D eigenvalue weighted by Gasteiger charge is -2.13. The molecule has 11 aromatic rings. The van der Waals surface area contributed by atoms with Crippen LogP contribution < -0.4 is 0 Å². The summed E-state index contributed by atoms with van der Waals surface area (Å²) in [5.74, 6) is 0.661. The van der Waals surface area contributed by atoms with E-state index in [9.17, 15) is 0 Å². The monoisotopic (exact) mass is 679 g/mol. The summed E-state index contributed by atoms with van der Waals surface area (Å²) in [6.45, 7) is 0. The number of para-hydroxylation sites is 1. The molecule has 0 aliphatic rings. The zero-order chi connectivity index (χ0) is 34.2. The number of aromatic nitrogens is 3. The van der Waals surface area contributed by atoms with Crippen molar-refractivity contribution >= 4 is 75.0 Å². The van der Waals surface area contributed by atoms with Crippen LogP contribution in [0, 0.1) is 0 Å². The van der Waals surface area contributed by atoms with E-state index >= 15 is 0 Å². The number of rotatable bonds is 4. The lowest BCUT2D eigenvalue weighted by molar-refractivity contribution is 1.01. The molecule has 0 atom stereocenters. The maximum atomic E-state index is 5.48. The van der Waals surface area contributed by atoms with Crippen LogP contribution in [0.2, 0.25) is 0 Å². The molecule has 242 valence electrons. The van der Waals surface area contributed by atoms with Gasteiger partial charge in [0.2, 0.25) is 5.95 Å².